The number of carbonyl (C=O) groups is 1. The van der Waals surface area contributed by atoms with Crippen LogP contribution >= 0.6 is 0 Å². The number of fused-ring (bicyclic) bond motifs is 7. The normalized spacial score (nSPS) is 12.1. The van der Waals surface area contributed by atoms with Gasteiger partial charge in [0.2, 0.25) is 0 Å². The van der Waals surface area contributed by atoms with E-state index in [0.29, 0.717) is 114 Å². The van der Waals surface area contributed by atoms with Crippen molar-refractivity contribution in [1.82, 2.24) is 24.9 Å². The molecule has 1 aromatic carbocycles. The number of hydrogen-bond donors (Lipinski definition) is 4. The summed E-state index contributed by atoms with van der Waals surface area (Å²) < 4.78 is 45.3. The Morgan fingerprint density at radius 3 is 1.26 bits per heavy atom. The molecule has 17 nitrogen and oxygen atoms in total. The van der Waals surface area contributed by atoms with Crippen molar-refractivity contribution in [2.24, 2.45) is 0 Å². The summed E-state index contributed by atoms with van der Waals surface area (Å²) in [4.78, 5) is 33.0. The fraction of sp³-hybridized carbons (Fsp3) is 0.540. The van der Waals surface area contributed by atoms with E-state index >= 15 is 0 Å². The summed E-state index contributed by atoms with van der Waals surface area (Å²) in [6.45, 7) is 14.6. The number of nitrogens with one attached hydrogen (secondary N) is 1. The Kier molecular flexibility index (Phi) is 28.3. The van der Waals surface area contributed by atoms with E-state index < -0.39 is 5.97 Å². The van der Waals surface area contributed by atoms with Crippen LogP contribution in [0.4, 0.5) is 0 Å². The van der Waals surface area contributed by atoms with Gasteiger partial charge in [-0.1, -0.05) is 13.8 Å². The zero-order chi connectivity index (χ0) is 48.4. The summed E-state index contributed by atoms with van der Waals surface area (Å²) in [5, 5.41) is 27.1. The molecule has 0 fully saturated rings. The molecule has 0 spiro atoms. The van der Waals surface area contributed by atoms with E-state index in [2.05, 4.69) is 44.8 Å². The quantitative estimate of drug-likeness (QED) is 0.0534. The van der Waals surface area contributed by atoms with Gasteiger partial charge < -0.3 is 58.2 Å². The van der Waals surface area contributed by atoms with Gasteiger partial charge in [0, 0.05) is 57.5 Å². The zero-order valence-corrected chi connectivity index (χ0v) is 43.0. The second-order valence-corrected chi connectivity index (χ2v) is 15.5. The first-order valence-corrected chi connectivity index (χ1v) is 23.1. The number of H-pyrrole nitrogens is 1. The molecule has 18 heteroatoms. The molecule has 6 bridgehead atoms. The van der Waals surface area contributed by atoms with Crippen LogP contribution in [0, 0.1) is 39.9 Å². The molecule has 0 amide bonds. The smallest absolute Gasteiger partial charge is 0.487 e. The molecule has 0 unspecified atom stereocenters. The number of nitrogens with zero attached hydrogens (tertiary/aromatic N) is 4. The van der Waals surface area contributed by atoms with E-state index in [1.165, 1.54) is 11.1 Å². The summed E-state index contributed by atoms with van der Waals surface area (Å²) in [6, 6.07) is 7.90. The number of carboxylic acids is 1. The fourth-order valence-corrected chi connectivity index (χ4v) is 7.42. The number of aliphatic hydroxyl groups is 2. The molecule has 0 atom stereocenters. The number of aromatic amines is 1. The van der Waals surface area contributed by atoms with Crippen LogP contribution in [-0.4, -0.2) is 153 Å². The molecule has 2 aromatic heterocycles. The zero-order valence-electron chi connectivity index (χ0n) is 40.8. The number of benzene rings is 1. The molecule has 5 rings (SSSR count). The number of aliphatic hydroxyl groups excluding tert-OH is 2. The Morgan fingerprint density at radius 2 is 0.926 bits per heavy atom. The Morgan fingerprint density at radius 1 is 0.574 bits per heavy atom. The number of aromatic nitrogens is 5. The third-order valence-electron chi connectivity index (χ3n) is 10.8. The van der Waals surface area contributed by atoms with Gasteiger partial charge in [-0.05, 0) is 97.9 Å². The molecule has 68 heavy (non-hydrogen) atoms. The molecule has 4 N–H and O–H groups in total. The molecule has 0 aliphatic carbocycles. The third-order valence-corrected chi connectivity index (χ3v) is 10.8. The number of aliphatic carboxylic acids is 1. The van der Waals surface area contributed by atoms with Crippen molar-refractivity contribution >= 4 is 50.3 Å². The second kappa shape index (κ2) is 32.9. The Bertz CT molecular complexity index is 2150. The molecule has 2 aliphatic heterocycles. The number of ether oxygens (including phenoxy) is 8. The Hall–Kier alpha value is -3.79. The average Bonchev–Trinajstić information content (AvgIpc) is 3.91. The van der Waals surface area contributed by atoms with Gasteiger partial charge in [-0.15, -0.1) is 0 Å². The topological polar surface area (TPSA) is 219 Å². The number of methoxy groups -OCH3 is 2. The maximum Gasteiger partial charge on any atom is 3.00 e. The molecule has 2 aliphatic rings. The molecular formula is C50H71GdN5O12+3. The van der Waals surface area contributed by atoms with Crippen molar-refractivity contribution in [3.63, 3.8) is 0 Å². The molecule has 0 saturated carbocycles. The molecule has 3 aromatic rings. The number of aryl methyl sites for hydroxylation is 2. The van der Waals surface area contributed by atoms with Gasteiger partial charge in [0.1, 0.15) is 13.2 Å². The number of rotatable bonds is 28. The minimum Gasteiger partial charge on any atom is -0.487 e. The van der Waals surface area contributed by atoms with Crippen LogP contribution in [0.3, 0.4) is 0 Å². The van der Waals surface area contributed by atoms with E-state index in [9.17, 15) is 10.2 Å². The van der Waals surface area contributed by atoms with Crippen molar-refractivity contribution in [3.05, 3.63) is 70.6 Å². The number of allylic oxidation sites excluding steroid dienone is 4. The first-order valence-electron chi connectivity index (χ1n) is 23.1. The summed E-state index contributed by atoms with van der Waals surface area (Å²) in [5.41, 5.74) is 12.8. The second-order valence-electron chi connectivity index (χ2n) is 15.5. The monoisotopic (exact) mass is 1090 g/mol. The number of carboxylic acid groups (broad SMARTS) is 1. The van der Waals surface area contributed by atoms with Crippen LogP contribution < -0.4 is 9.47 Å². The molecule has 4 heterocycles. The predicted octanol–water partition coefficient (Wildman–Crippen LogP) is 7.08. The first-order chi connectivity index (χ1) is 32.6. The minimum absolute atomic E-state index is 0. The summed E-state index contributed by atoms with van der Waals surface area (Å²) in [6.07, 6.45) is 7.74. The van der Waals surface area contributed by atoms with Gasteiger partial charge in [0.25, 0.3) is 5.97 Å². The first kappa shape index (κ1) is 58.5. The van der Waals surface area contributed by atoms with Crippen LogP contribution in [0.1, 0.15) is 94.2 Å². The van der Waals surface area contributed by atoms with E-state index in [-0.39, 0.29) is 66.4 Å². The summed E-state index contributed by atoms with van der Waals surface area (Å²) in [5.74, 6) is 0.0956. The van der Waals surface area contributed by atoms with Crippen molar-refractivity contribution in [1.29, 1.82) is 0 Å². The van der Waals surface area contributed by atoms with Crippen LogP contribution in [0.2, 0.25) is 0 Å². The third kappa shape index (κ3) is 18.5. The van der Waals surface area contributed by atoms with Crippen molar-refractivity contribution in [2.45, 2.75) is 73.1 Å². The van der Waals surface area contributed by atoms with Gasteiger partial charge in [0.15, 0.2) is 11.5 Å². The minimum atomic E-state index is -0.833. The molecule has 1 radical (unpaired) electrons. The van der Waals surface area contributed by atoms with Crippen LogP contribution in [0.25, 0.3) is 44.4 Å². The van der Waals surface area contributed by atoms with E-state index in [0.717, 1.165) is 75.9 Å². The maximum absolute atomic E-state index is 9.86. The van der Waals surface area contributed by atoms with Crippen LogP contribution in [0.5, 0.6) is 11.5 Å². The van der Waals surface area contributed by atoms with E-state index in [1.54, 1.807) is 26.6 Å². The van der Waals surface area contributed by atoms with Gasteiger partial charge >= 0.3 is 39.9 Å². The SMILES string of the molecule is CC(=O)O.CCc1c(CC)c2cc3nc(cnc4cc(OCCOCCOCCOC)c(OCCOCCOCCOC)cc4ncc4nc(cc1[nH]2)C(CCCO)=C4C)C(C)=C3CCCO.[Gd+3]. The number of hydrogen-bond acceptors (Lipinski definition) is 15. The van der Waals surface area contributed by atoms with Gasteiger partial charge in [-0.25, -0.2) is 9.97 Å². The standard InChI is InChI=1S/C48H67N5O10.C2H4O2.Gd/c1-7-35-36(8-2)40-28-42-38(12-10-14-55)34(4)46(53-42)32-50-44-30-48(63-26-24-61-22-20-59-18-16-57-6)47(62-25-23-60-21-19-58-17-15-56-5)29-43(44)49-31-45-33(3)37(11-9-13-54)41(52-45)27-39(35)51-40;1-2(3)4;/h27-32,51,54-55H,7-26H2,1-6H3;1H3,(H,3,4);/q;;+3. The summed E-state index contributed by atoms with van der Waals surface area (Å²) >= 11 is 0. The van der Waals surface area contributed by atoms with Crippen molar-refractivity contribution < 1.29 is 97.9 Å². The predicted molar refractivity (Wildman–Crippen MR) is 259 cm³/mol. The van der Waals surface area contributed by atoms with Crippen LogP contribution in [0.15, 0.2) is 36.7 Å². The van der Waals surface area contributed by atoms with Gasteiger partial charge in [0.05, 0.1) is 112 Å². The van der Waals surface area contributed by atoms with E-state index in [4.69, 9.17) is 67.7 Å². The van der Waals surface area contributed by atoms with Gasteiger partial charge in [-0.2, -0.15) is 0 Å². The van der Waals surface area contributed by atoms with Gasteiger partial charge in [-0.3, -0.25) is 14.8 Å². The average molecular weight is 1090 g/mol. The summed E-state index contributed by atoms with van der Waals surface area (Å²) in [7, 11) is 3.28. The molecule has 373 valence electrons. The van der Waals surface area contributed by atoms with Crippen molar-refractivity contribution in [2.75, 3.05) is 107 Å². The Balaban J connectivity index is 0.00000235. The van der Waals surface area contributed by atoms with Crippen LogP contribution in [-0.2, 0) is 46.1 Å². The largest absolute Gasteiger partial charge is 3.00 e. The molecule has 0 saturated heterocycles. The fourth-order valence-electron chi connectivity index (χ4n) is 7.42. The Labute approximate surface area is 432 Å². The maximum atomic E-state index is 9.86. The van der Waals surface area contributed by atoms with Crippen molar-refractivity contribution in [3.8, 4) is 11.5 Å². The molecular weight excluding hydrogens is 1020 g/mol. The van der Waals surface area contributed by atoms with E-state index in [1.807, 2.05) is 12.1 Å².